The van der Waals surface area contributed by atoms with Gasteiger partial charge in [0.1, 0.15) is 0 Å². The number of fused-ring (bicyclic) bond motifs is 1. The summed E-state index contributed by atoms with van der Waals surface area (Å²) in [6.45, 7) is 1.22. The zero-order chi connectivity index (χ0) is 16.0. The molecule has 4 rings (SSSR count). The van der Waals surface area contributed by atoms with Crippen molar-refractivity contribution in [3.05, 3.63) is 23.8 Å². The largest absolute Gasteiger partial charge is 0.454 e. The van der Waals surface area contributed by atoms with E-state index in [0.717, 1.165) is 42.7 Å². The van der Waals surface area contributed by atoms with Crippen LogP contribution in [0.4, 0.5) is 0 Å². The number of aliphatic hydroxyl groups is 1. The van der Waals surface area contributed by atoms with Gasteiger partial charge in [0.15, 0.2) is 11.5 Å². The molecule has 0 spiro atoms. The molecule has 2 aliphatic heterocycles. The fraction of sp³-hybridized carbons (Fsp3) is 0.588. The number of benzene rings is 1. The summed E-state index contributed by atoms with van der Waals surface area (Å²) in [5, 5.41) is 10.5. The van der Waals surface area contributed by atoms with Crippen LogP contribution in [-0.2, 0) is 4.79 Å². The Labute approximate surface area is 135 Å². The van der Waals surface area contributed by atoms with Gasteiger partial charge in [-0.05, 0) is 43.4 Å². The van der Waals surface area contributed by atoms with Crippen molar-refractivity contribution in [2.75, 3.05) is 19.9 Å². The van der Waals surface area contributed by atoms with Gasteiger partial charge in [0, 0.05) is 19.0 Å². The van der Waals surface area contributed by atoms with E-state index in [0.29, 0.717) is 13.1 Å². The first kappa shape index (κ1) is 14.8. The minimum atomic E-state index is -0.689. The van der Waals surface area contributed by atoms with Gasteiger partial charge >= 0.3 is 0 Å². The Hall–Kier alpha value is -1.79. The highest BCUT2D eigenvalue weighted by molar-refractivity contribution is 5.87. The minimum Gasteiger partial charge on any atom is -0.454 e. The molecule has 0 unspecified atom stereocenters. The van der Waals surface area contributed by atoms with Crippen molar-refractivity contribution >= 4 is 5.91 Å². The standard InChI is InChI=1S/C17H22N2O4/c18-17(5-1-6-17)16(21)19-7-4-12(13(20)9-19)11-2-3-14-15(8-11)23-10-22-14/h2-3,8,12-13,20H,1,4-7,9-10,18H2/t12-,13+/m0/s1. The average molecular weight is 318 g/mol. The Morgan fingerprint density at radius 3 is 2.78 bits per heavy atom. The number of β-amino-alcohol motifs (C(OH)–C–C–N with tert-alkyl or cyclic N) is 1. The van der Waals surface area contributed by atoms with E-state index in [1.807, 2.05) is 18.2 Å². The maximum absolute atomic E-state index is 12.5. The number of rotatable bonds is 2. The lowest BCUT2D eigenvalue weighted by Crippen LogP contribution is -2.61. The van der Waals surface area contributed by atoms with Crippen LogP contribution in [0, 0.1) is 0 Å². The number of amides is 1. The first-order chi connectivity index (χ1) is 11.1. The number of likely N-dealkylation sites (tertiary alicyclic amines) is 1. The number of piperidine rings is 1. The van der Waals surface area contributed by atoms with Crippen LogP contribution in [0.2, 0.25) is 0 Å². The molecule has 1 amide bonds. The van der Waals surface area contributed by atoms with Crippen LogP contribution in [0.1, 0.15) is 37.2 Å². The lowest BCUT2D eigenvalue weighted by Gasteiger charge is -2.44. The highest BCUT2D eigenvalue weighted by atomic mass is 16.7. The molecule has 23 heavy (non-hydrogen) atoms. The number of nitrogens with zero attached hydrogens (tertiary/aromatic N) is 1. The number of carbonyl (C=O) groups excluding carboxylic acids is 1. The van der Waals surface area contributed by atoms with Crippen LogP contribution in [0.15, 0.2) is 18.2 Å². The summed E-state index contributed by atoms with van der Waals surface area (Å²) in [6.07, 6.45) is 2.66. The predicted molar refractivity (Wildman–Crippen MR) is 83.3 cm³/mol. The van der Waals surface area contributed by atoms with Crippen LogP contribution in [0.5, 0.6) is 11.5 Å². The van der Waals surface area contributed by atoms with Crippen LogP contribution >= 0.6 is 0 Å². The maximum atomic E-state index is 12.5. The zero-order valence-corrected chi connectivity index (χ0v) is 13.0. The summed E-state index contributed by atoms with van der Waals surface area (Å²) in [7, 11) is 0. The number of nitrogens with two attached hydrogens (primary N) is 1. The van der Waals surface area contributed by atoms with Crippen LogP contribution in [0.3, 0.4) is 0 Å². The quantitative estimate of drug-likeness (QED) is 0.849. The first-order valence-electron chi connectivity index (χ1n) is 8.23. The average Bonchev–Trinajstić information content (AvgIpc) is 2.99. The Kier molecular flexibility index (Phi) is 3.46. The lowest BCUT2D eigenvalue weighted by atomic mass is 9.76. The second-order valence-electron chi connectivity index (χ2n) is 6.84. The molecule has 1 saturated heterocycles. The zero-order valence-electron chi connectivity index (χ0n) is 13.0. The van der Waals surface area contributed by atoms with Crippen LogP contribution < -0.4 is 15.2 Å². The molecule has 2 atom stereocenters. The van der Waals surface area contributed by atoms with E-state index < -0.39 is 11.6 Å². The second kappa shape index (κ2) is 5.39. The SMILES string of the molecule is NC1(C(=O)N2CC[C@@H](c3ccc4c(c3)OCO4)[C@H](O)C2)CCC1. The molecule has 1 aromatic carbocycles. The van der Waals surface area contributed by atoms with Gasteiger partial charge in [0.2, 0.25) is 12.7 Å². The molecule has 0 bridgehead atoms. The van der Waals surface area contributed by atoms with E-state index in [1.54, 1.807) is 4.90 Å². The molecule has 3 aliphatic rings. The van der Waals surface area contributed by atoms with Crippen molar-refractivity contribution < 1.29 is 19.4 Å². The molecule has 6 nitrogen and oxygen atoms in total. The Bertz CT molecular complexity index is 629. The second-order valence-corrected chi connectivity index (χ2v) is 6.84. The summed E-state index contributed by atoms with van der Waals surface area (Å²) in [6, 6.07) is 5.78. The normalized spacial score (nSPS) is 28.3. The van der Waals surface area contributed by atoms with E-state index in [9.17, 15) is 9.90 Å². The van der Waals surface area contributed by atoms with Crippen LogP contribution in [-0.4, -0.2) is 47.4 Å². The highest BCUT2D eigenvalue weighted by Gasteiger charge is 2.44. The van der Waals surface area contributed by atoms with Crippen molar-refractivity contribution in [2.45, 2.75) is 43.2 Å². The molecule has 3 N–H and O–H groups in total. The number of carbonyl (C=O) groups is 1. The summed E-state index contributed by atoms with van der Waals surface area (Å²) in [5.74, 6) is 1.46. The van der Waals surface area contributed by atoms with Gasteiger partial charge in [-0.1, -0.05) is 6.07 Å². The summed E-state index contributed by atoms with van der Waals surface area (Å²) in [5.41, 5.74) is 6.47. The Balaban J connectivity index is 1.46. The van der Waals surface area contributed by atoms with Crippen molar-refractivity contribution in [2.24, 2.45) is 5.73 Å². The van der Waals surface area contributed by atoms with E-state index in [1.165, 1.54) is 0 Å². The predicted octanol–water partition coefficient (Wildman–Crippen LogP) is 0.973. The molecule has 0 radical (unpaired) electrons. The summed E-state index contributed by atoms with van der Waals surface area (Å²) >= 11 is 0. The monoisotopic (exact) mass is 318 g/mol. The van der Waals surface area contributed by atoms with E-state index in [2.05, 4.69) is 0 Å². The molecular weight excluding hydrogens is 296 g/mol. The smallest absolute Gasteiger partial charge is 0.242 e. The number of hydrogen-bond acceptors (Lipinski definition) is 5. The molecule has 1 saturated carbocycles. The third-order valence-corrected chi connectivity index (χ3v) is 5.37. The summed E-state index contributed by atoms with van der Waals surface area (Å²) < 4.78 is 10.7. The molecule has 6 heteroatoms. The van der Waals surface area contributed by atoms with Crippen LogP contribution in [0.25, 0.3) is 0 Å². The molecule has 2 heterocycles. The summed E-state index contributed by atoms with van der Waals surface area (Å²) in [4.78, 5) is 14.2. The molecular formula is C17H22N2O4. The van der Waals surface area contributed by atoms with Gasteiger partial charge in [0.05, 0.1) is 11.6 Å². The van der Waals surface area contributed by atoms with Crippen molar-refractivity contribution in [3.8, 4) is 11.5 Å². The highest BCUT2D eigenvalue weighted by Crippen LogP contribution is 2.38. The third kappa shape index (κ3) is 2.46. The van der Waals surface area contributed by atoms with Crippen molar-refractivity contribution in [1.29, 1.82) is 0 Å². The molecule has 2 fully saturated rings. The fourth-order valence-electron chi connectivity index (χ4n) is 3.74. The van der Waals surface area contributed by atoms with E-state index >= 15 is 0 Å². The van der Waals surface area contributed by atoms with Gasteiger partial charge in [-0.25, -0.2) is 0 Å². The van der Waals surface area contributed by atoms with Gasteiger partial charge in [0.25, 0.3) is 0 Å². The van der Waals surface area contributed by atoms with Crippen molar-refractivity contribution in [1.82, 2.24) is 4.90 Å². The molecule has 124 valence electrons. The Morgan fingerprint density at radius 2 is 2.09 bits per heavy atom. The maximum Gasteiger partial charge on any atom is 0.242 e. The van der Waals surface area contributed by atoms with Gasteiger partial charge in [-0.15, -0.1) is 0 Å². The molecule has 1 aliphatic carbocycles. The number of aliphatic hydroxyl groups excluding tert-OH is 1. The van der Waals surface area contributed by atoms with E-state index in [4.69, 9.17) is 15.2 Å². The fourth-order valence-corrected chi connectivity index (χ4v) is 3.74. The van der Waals surface area contributed by atoms with Gasteiger partial charge in [-0.2, -0.15) is 0 Å². The molecule has 1 aromatic rings. The van der Waals surface area contributed by atoms with Gasteiger partial charge in [-0.3, -0.25) is 4.79 Å². The number of hydrogen-bond donors (Lipinski definition) is 2. The lowest BCUT2D eigenvalue weighted by molar-refractivity contribution is -0.143. The molecule has 0 aromatic heterocycles. The topological polar surface area (TPSA) is 85.0 Å². The van der Waals surface area contributed by atoms with E-state index in [-0.39, 0.29) is 18.6 Å². The number of ether oxygens (including phenoxy) is 2. The van der Waals surface area contributed by atoms with Crippen molar-refractivity contribution in [3.63, 3.8) is 0 Å². The minimum absolute atomic E-state index is 0.00339. The first-order valence-corrected chi connectivity index (χ1v) is 8.23. The third-order valence-electron chi connectivity index (χ3n) is 5.37. The van der Waals surface area contributed by atoms with Gasteiger partial charge < -0.3 is 25.2 Å². The Morgan fingerprint density at radius 1 is 1.30 bits per heavy atom.